The van der Waals surface area contributed by atoms with Crippen LogP contribution in [0.1, 0.15) is 24.6 Å². The molecule has 0 aromatic carbocycles. The fourth-order valence-electron chi connectivity index (χ4n) is 2.15. The summed E-state index contributed by atoms with van der Waals surface area (Å²) in [5.41, 5.74) is 0. The average molecular weight is 318 g/mol. The average Bonchev–Trinajstić information content (AvgIpc) is 3.09. The van der Waals surface area contributed by atoms with Crippen LogP contribution in [-0.4, -0.2) is 45.6 Å². The predicted molar refractivity (Wildman–Crippen MR) is 80.5 cm³/mol. The van der Waals surface area contributed by atoms with Crippen LogP contribution >= 0.6 is 11.3 Å². The molecule has 1 atom stereocenters. The van der Waals surface area contributed by atoms with Crippen LogP contribution in [0.15, 0.2) is 16.3 Å². The Morgan fingerprint density at radius 1 is 1.55 bits per heavy atom. The molecule has 7 heteroatoms. The van der Waals surface area contributed by atoms with Crippen molar-refractivity contribution in [3.8, 4) is 0 Å². The molecule has 1 aromatic rings. The molecule has 0 radical (unpaired) electrons. The van der Waals surface area contributed by atoms with Gasteiger partial charge >= 0.3 is 0 Å². The Morgan fingerprint density at radius 3 is 3.00 bits per heavy atom. The van der Waals surface area contributed by atoms with E-state index in [0.29, 0.717) is 18.1 Å². The van der Waals surface area contributed by atoms with E-state index >= 15 is 0 Å². The smallest absolute Gasteiger partial charge is 0.243 e. The minimum absolute atomic E-state index is 0.0402. The van der Waals surface area contributed by atoms with Gasteiger partial charge in [0.1, 0.15) is 0 Å². The van der Waals surface area contributed by atoms with E-state index in [1.807, 2.05) is 0 Å². The molecule has 0 amide bonds. The van der Waals surface area contributed by atoms with Crippen LogP contribution < -0.4 is 5.32 Å². The third-order valence-electron chi connectivity index (χ3n) is 3.45. The van der Waals surface area contributed by atoms with Crippen LogP contribution in [0.2, 0.25) is 0 Å². The van der Waals surface area contributed by atoms with Gasteiger partial charge in [0.15, 0.2) is 0 Å². The van der Waals surface area contributed by atoms with Crippen molar-refractivity contribution in [1.29, 1.82) is 0 Å². The SMILES string of the molecule is CCCNCc1cc(S(=O)(=O)N(C)C2CCOC2)cs1. The standard InChI is InChI=1S/C13H22N2O3S2/c1-3-5-14-8-12-7-13(10-19-12)20(16,17)15(2)11-4-6-18-9-11/h7,10-11,14H,3-6,8-9H2,1-2H3. The molecule has 114 valence electrons. The van der Waals surface area contributed by atoms with Crippen molar-refractivity contribution in [2.45, 2.75) is 37.2 Å². The van der Waals surface area contributed by atoms with Gasteiger partial charge in [0.05, 0.1) is 17.5 Å². The summed E-state index contributed by atoms with van der Waals surface area (Å²) in [4.78, 5) is 1.44. The number of hydrogen-bond donors (Lipinski definition) is 1. The van der Waals surface area contributed by atoms with E-state index in [-0.39, 0.29) is 6.04 Å². The van der Waals surface area contributed by atoms with Crippen LogP contribution in [-0.2, 0) is 21.3 Å². The Balaban J connectivity index is 2.05. The number of sulfonamides is 1. The zero-order valence-electron chi connectivity index (χ0n) is 12.0. The van der Waals surface area contributed by atoms with E-state index in [1.165, 1.54) is 15.6 Å². The highest BCUT2D eigenvalue weighted by Crippen LogP contribution is 2.25. The maximum absolute atomic E-state index is 12.5. The zero-order valence-corrected chi connectivity index (χ0v) is 13.6. The molecule has 2 rings (SSSR count). The van der Waals surface area contributed by atoms with Gasteiger partial charge in [-0.05, 0) is 25.5 Å². The minimum atomic E-state index is -3.40. The molecule has 2 heterocycles. The number of thiophene rings is 1. The largest absolute Gasteiger partial charge is 0.380 e. The fourth-order valence-corrected chi connectivity index (χ4v) is 4.75. The van der Waals surface area contributed by atoms with Gasteiger partial charge in [0.25, 0.3) is 0 Å². The lowest BCUT2D eigenvalue weighted by molar-refractivity contribution is 0.181. The molecule has 0 aliphatic carbocycles. The normalized spacial score (nSPS) is 19.9. The first kappa shape index (κ1) is 15.9. The number of likely N-dealkylation sites (N-methyl/N-ethyl adjacent to an activating group) is 1. The van der Waals surface area contributed by atoms with Gasteiger partial charge in [-0.1, -0.05) is 6.92 Å². The molecule has 0 spiro atoms. The van der Waals surface area contributed by atoms with Gasteiger partial charge in [0, 0.05) is 30.5 Å². The van der Waals surface area contributed by atoms with E-state index in [4.69, 9.17) is 4.74 Å². The molecular formula is C13H22N2O3S2. The van der Waals surface area contributed by atoms with Gasteiger partial charge in [0.2, 0.25) is 10.0 Å². The summed E-state index contributed by atoms with van der Waals surface area (Å²) in [5.74, 6) is 0. The Labute approximate surface area is 125 Å². The predicted octanol–water partition coefficient (Wildman–Crippen LogP) is 1.66. The van der Waals surface area contributed by atoms with E-state index in [9.17, 15) is 8.42 Å². The number of rotatable bonds is 7. The second-order valence-corrected chi connectivity index (χ2v) is 7.96. The van der Waals surface area contributed by atoms with Crippen molar-refractivity contribution in [3.63, 3.8) is 0 Å². The third-order valence-corrected chi connectivity index (χ3v) is 6.43. The molecule has 5 nitrogen and oxygen atoms in total. The van der Waals surface area contributed by atoms with Gasteiger partial charge in [-0.3, -0.25) is 0 Å². The molecular weight excluding hydrogens is 296 g/mol. The second kappa shape index (κ2) is 7.00. The monoisotopic (exact) mass is 318 g/mol. The first-order valence-corrected chi connectivity index (χ1v) is 9.21. The van der Waals surface area contributed by atoms with Crippen LogP contribution in [0.4, 0.5) is 0 Å². The molecule has 20 heavy (non-hydrogen) atoms. The van der Waals surface area contributed by atoms with Crippen molar-refractivity contribution in [2.75, 3.05) is 26.8 Å². The summed E-state index contributed by atoms with van der Waals surface area (Å²) >= 11 is 1.49. The maximum atomic E-state index is 12.5. The van der Waals surface area contributed by atoms with E-state index in [2.05, 4.69) is 12.2 Å². The highest BCUT2D eigenvalue weighted by atomic mass is 32.2. The summed E-state index contributed by atoms with van der Waals surface area (Å²) in [6.07, 6.45) is 1.84. The lowest BCUT2D eigenvalue weighted by Gasteiger charge is -2.21. The molecule has 1 saturated heterocycles. The second-order valence-electron chi connectivity index (χ2n) is 4.96. The maximum Gasteiger partial charge on any atom is 0.243 e. The summed E-state index contributed by atoms with van der Waals surface area (Å²) in [7, 11) is -1.76. The van der Waals surface area contributed by atoms with Gasteiger partial charge in [-0.2, -0.15) is 4.31 Å². The number of nitrogens with zero attached hydrogens (tertiary/aromatic N) is 1. The Kier molecular flexibility index (Phi) is 5.57. The minimum Gasteiger partial charge on any atom is -0.380 e. The number of hydrogen-bond acceptors (Lipinski definition) is 5. The van der Waals surface area contributed by atoms with E-state index in [1.54, 1.807) is 18.5 Å². The quantitative estimate of drug-likeness (QED) is 0.777. The molecule has 1 N–H and O–H groups in total. The number of nitrogens with one attached hydrogen (secondary N) is 1. The fraction of sp³-hybridized carbons (Fsp3) is 0.692. The van der Waals surface area contributed by atoms with E-state index < -0.39 is 10.0 Å². The van der Waals surface area contributed by atoms with E-state index in [0.717, 1.165) is 30.8 Å². The summed E-state index contributed by atoms with van der Waals surface area (Å²) in [5, 5.41) is 5.01. The highest BCUT2D eigenvalue weighted by molar-refractivity contribution is 7.89. The highest BCUT2D eigenvalue weighted by Gasteiger charge is 2.31. The van der Waals surface area contributed by atoms with Gasteiger partial charge in [-0.25, -0.2) is 8.42 Å². The summed E-state index contributed by atoms with van der Waals surface area (Å²) < 4.78 is 31.8. The zero-order chi connectivity index (χ0) is 14.6. The van der Waals surface area contributed by atoms with Crippen molar-refractivity contribution in [3.05, 3.63) is 16.3 Å². The Bertz CT molecular complexity index is 521. The molecule has 1 aromatic heterocycles. The molecule has 1 fully saturated rings. The number of ether oxygens (including phenoxy) is 1. The van der Waals surface area contributed by atoms with Crippen LogP contribution in [0.3, 0.4) is 0 Å². The molecule has 0 bridgehead atoms. The van der Waals surface area contributed by atoms with Crippen molar-refractivity contribution >= 4 is 21.4 Å². The molecule has 1 unspecified atom stereocenters. The topological polar surface area (TPSA) is 58.6 Å². The van der Waals surface area contributed by atoms with Gasteiger partial charge < -0.3 is 10.1 Å². The lowest BCUT2D eigenvalue weighted by Crippen LogP contribution is -2.37. The van der Waals surface area contributed by atoms with Crippen LogP contribution in [0.25, 0.3) is 0 Å². The molecule has 0 saturated carbocycles. The molecule has 1 aliphatic heterocycles. The first-order chi connectivity index (χ1) is 9.55. The Morgan fingerprint density at radius 2 is 2.35 bits per heavy atom. The summed E-state index contributed by atoms with van der Waals surface area (Å²) in [6, 6.07) is 1.73. The van der Waals surface area contributed by atoms with Crippen molar-refractivity contribution in [1.82, 2.24) is 9.62 Å². The third kappa shape index (κ3) is 3.59. The van der Waals surface area contributed by atoms with Gasteiger partial charge in [-0.15, -0.1) is 11.3 Å². The Hall–Kier alpha value is -0.470. The van der Waals surface area contributed by atoms with Crippen LogP contribution in [0.5, 0.6) is 0 Å². The molecule has 1 aliphatic rings. The first-order valence-electron chi connectivity index (χ1n) is 6.89. The van der Waals surface area contributed by atoms with Crippen LogP contribution in [0, 0.1) is 0 Å². The van der Waals surface area contributed by atoms with Crippen molar-refractivity contribution in [2.24, 2.45) is 0 Å². The lowest BCUT2D eigenvalue weighted by atomic mass is 10.3. The summed E-state index contributed by atoms with van der Waals surface area (Å²) in [6.45, 7) is 4.91. The van der Waals surface area contributed by atoms with Crippen molar-refractivity contribution < 1.29 is 13.2 Å².